The molecule has 0 spiro atoms. The van der Waals surface area contributed by atoms with Crippen LogP contribution in [0.4, 0.5) is 0 Å². The number of methoxy groups -OCH3 is 1. The number of esters is 1. The fourth-order valence-electron chi connectivity index (χ4n) is 2.79. The molecule has 0 N–H and O–H groups in total. The molecule has 0 saturated carbocycles. The van der Waals surface area contributed by atoms with Crippen LogP contribution in [0.1, 0.15) is 29.8 Å². The molecule has 0 unspecified atom stereocenters. The fourth-order valence-corrected chi connectivity index (χ4v) is 2.79. The van der Waals surface area contributed by atoms with Crippen LogP contribution in [0.3, 0.4) is 0 Å². The molecule has 0 saturated heterocycles. The summed E-state index contributed by atoms with van der Waals surface area (Å²) in [4.78, 5) is 24.3. The Morgan fingerprint density at radius 1 is 1.03 bits per heavy atom. The van der Waals surface area contributed by atoms with Crippen LogP contribution in [0.15, 0.2) is 42.5 Å². The molecule has 0 atom stereocenters. The molecule has 7 nitrogen and oxygen atoms in total. The summed E-state index contributed by atoms with van der Waals surface area (Å²) in [5, 5.41) is 0. The summed E-state index contributed by atoms with van der Waals surface area (Å²) in [6.45, 7) is 4.39. The van der Waals surface area contributed by atoms with Crippen molar-refractivity contribution in [1.82, 2.24) is 0 Å². The van der Waals surface area contributed by atoms with E-state index in [2.05, 4.69) is 0 Å². The van der Waals surface area contributed by atoms with Crippen molar-refractivity contribution >= 4 is 17.8 Å². The van der Waals surface area contributed by atoms with E-state index in [1.54, 1.807) is 49.6 Å². The average Bonchev–Trinajstić information content (AvgIpc) is 2.76. The monoisotopic (exact) mass is 412 g/mol. The molecule has 1 aliphatic rings. The van der Waals surface area contributed by atoms with Gasteiger partial charge in [0.25, 0.3) is 0 Å². The molecule has 0 aromatic heterocycles. The van der Waals surface area contributed by atoms with Gasteiger partial charge in [0.2, 0.25) is 0 Å². The highest BCUT2D eigenvalue weighted by Crippen LogP contribution is 2.31. The highest BCUT2D eigenvalue weighted by atomic mass is 16.6. The second-order valence-electron chi connectivity index (χ2n) is 6.80. The first-order valence-electron chi connectivity index (χ1n) is 9.58. The molecular weight excluding hydrogens is 388 g/mol. The standard InChI is InChI=1S/C23H24O7/c1-15(2)30-20-7-4-16(12-21(20)26-3)5-9-23(25)29-14-18(24)17-6-8-19-22(13-17)28-11-10-27-19/h4-9,12-13,15H,10-11,14H2,1-3H3/b9-5+. The van der Waals surface area contributed by atoms with Crippen LogP contribution in [-0.2, 0) is 9.53 Å². The Hall–Kier alpha value is -3.48. The van der Waals surface area contributed by atoms with Crippen molar-refractivity contribution in [3.63, 3.8) is 0 Å². The maximum absolute atomic E-state index is 12.3. The molecule has 1 heterocycles. The van der Waals surface area contributed by atoms with E-state index < -0.39 is 5.97 Å². The van der Waals surface area contributed by atoms with Gasteiger partial charge in [0, 0.05) is 11.6 Å². The number of fused-ring (bicyclic) bond motifs is 1. The summed E-state index contributed by atoms with van der Waals surface area (Å²) in [5.41, 5.74) is 1.12. The third kappa shape index (κ3) is 5.53. The lowest BCUT2D eigenvalue weighted by molar-refractivity contribution is -0.136. The number of ether oxygens (including phenoxy) is 5. The predicted octanol–water partition coefficient (Wildman–Crippen LogP) is 3.69. The van der Waals surface area contributed by atoms with Crippen LogP contribution >= 0.6 is 0 Å². The lowest BCUT2D eigenvalue weighted by Crippen LogP contribution is -2.17. The van der Waals surface area contributed by atoms with Gasteiger partial charge in [-0.25, -0.2) is 4.79 Å². The van der Waals surface area contributed by atoms with Crippen molar-refractivity contribution in [1.29, 1.82) is 0 Å². The SMILES string of the molecule is COc1cc(/C=C/C(=O)OCC(=O)c2ccc3c(c2)OCCO3)ccc1OC(C)C. The van der Waals surface area contributed by atoms with Gasteiger partial charge in [-0.1, -0.05) is 6.07 Å². The van der Waals surface area contributed by atoms with Crippen molar-refractivity contribution in [2.24, 2.45) is 0 Å². The summed E-state index contributed by atoms with van der Waals surface area (Å²) >= 11 is 0. The van der Waals surface area contributed by atoms with Gasteiger partial charge < -0.3 is 23.7 Å². The second-order valence-corrected chi connectivity index (χ2v) is 6.80. The van der Waals surface area contributed by atoms with Crippen LogP contribution in [-0.4, -0.2) is 44.8 Å². The van der Waals surface area contributed by atoms with Gasteiger partial charge in [-0.15, -0.1) is 0 Å². The number of carbonyl (C=O) groups excluding carboxylic acids is 2. The van der Waals surface area contributed by atoms with Crippen molar-refractivity contribution in [3.05, 3.63) is 53.6 Å². The number of Topliss-reactive ketones (excluding diaryl/α,β-unsaturated/α-hetero) is 1. The number of ketones is 1. The number of rotatable bonds is 8. The first kappa shape index (κ1) is 21.2. The van der Waals surface area contributed by atoms with E-state index in [0.717, 1.165) is 5.56 Å². The minimum atomic E-state index is -0.623. The lowest BCUT2D eigenvalue weighted by Gasteiger charge is -2.18. The fraction of sp³-hybridized carbons (Fsp3) is 0.304. The van der Waals surface area contributed by atoms with Crippen molar-refractivity contribution in [3.8, 4) is 23.0 Å². The molecule has 0 fully saturated rings. The second kappa shape index (κ2) is 9.82. The van der Waals surface area contributed by atoms with E-state index in [1.165, 1.54) is 6.08 Å². The van der Waals surface area contributed by atoms with Crippen LogP contribution in [0.5, 0.6) is 23.0 Å². The average molecular weight is 412 g/mol. The van der Waals surface area contributed by atoms with Gasteiger partial charge in [0.05, 0.1) is 13.2 Å². The summed E-state index contributed by atoms with van der Waals surface area (Å²) in [5.74, 6) is 1.34. The summed E-state index contributed by atoms with van der Waals surface area (Å²) in [6, 6.07) is 10.2. The molecule has 30 heavy (non-hydrogen) atoms. The van der Waals surface area contributed by atoms with Gasteiger partial charge in [-0.3, -0.25) is 4.79 Å². The molecule has 3 rings (SSSR count). The quantitative estimate of drug-likeness (QED) is 0.372. The molecule has 0 bridgehead atoms. The first-order chi connectivity index (χ1) is 14.5. The molecule has 2 aromatic carbocycles. The van der Waals surface area contributed by atoms with Gasteiger partial charge >= 0.3 is 5.97 Å². The Kier molecular flexibility index (Phi) is 6.95. The van der Waals surface area contributed by atoms with Gasteiger partial charge in [0.1, 0.15) is 13.2 Å². The third-order valence-electron chi connectivity index (χ3n) is 4.17. The topological polar surface area (TPSA) is 80.3 Å². The number of benzene rings is 2. The molecule has 1 aliphatic heterocycles. The molecule has 158 valence electrons. The highest BCUT2D eigenvalue weighted by Gasteiger charge is 2.16. The maximum Gasteiger partial charge on any atom is 0.331 e. The first-order valence-corrected chi connectivity index (χ1v) is 9.58. The summed E-state index contributed by atoms with van der Waals surface area (Å²) < 4.78 is 26.9. The van der Waals surface area contributed by atoms with Crippen LogP contribution in [0.2, 0.25) is 0 Å². The number of hydrogen-bond acceptors (Lipinski definition) is 7. The molecule has 7 heteroatoms. The Balaban J connectivity index is 1.56. The van der Waals surface area contributed by atoms with Crippen LogP contribution in [0.25, 0.3) is 6.08 Å². The molecule has 0 radical (unpaired) electrons. The van der Waals surface area contributed by atoms with E-state index in [4.69, 9.17) is 23.7 Å². The van der Waals surface area contributed by atoms with Crippen molar-refractivity contribution in [2.75, 3.05) is 26.9 Å². The Bertz CT molecular complexity index is 947. The van der Waals surface area contributed by atoms with Crippen LogP contribution in [0, 0.1) is 0 Å². The molecular formula is C23H24O7. The Morgan fingerprint density at radius 2 is 1.80 bits per heavy atom. The van der Waals surface area contributed by atoms with Crippen LogP contribution < -0.4 is 18.9 Å². The van der Waals surface area contributed by atoms with E-state index >= 15 is 0 Å². The maximum atomic E-state index is 12.3. The molecule has 0 aliphatic carbocycles. The van der Waals surface area contributed by atoms with E-state index in [0.29, 0.717) is 41.8 Å². The van der Waals surface area contributed by atoms with Gasteiger partial charge in [-0.2, -0.15) is 0 Å². The number of hydrogen-bond donors (Lipinski definition) is 0. The minimum absolute atomic E-state index is 0.0158. The predicted molar refractivity (Wildman–Crippen MR) is 111 cm³/mol. The highest BCUT2D eigenvalue weighted by molar-refractivity contribution is 5.99. The Morgan fingerprint density at radius 3 is 2.53 bits per heavy atom. The van der Waals surface area contributed by atoms with Crippen molar-refractivity contribution in [2.45, 2.75) is 20.0 Å². The zero-order valence-electron chi connectivity index (χ0n) is 17.2. The van der Waals surface area contributed by atoms with E-state index in [9.17, 15) is 9.59 Å². The van der Waals surface area contributed by atoms with Gasteiger partial charge in [-0.05, 0) is 55.8 Å². The largest absolute Gasteiger partial charge is 0.493 e. The third-order valence-corrected chi connectivity index (χ3v) is 4.17. The smallest absolute Gasteiger partial charge is 0.331 e. The lowest BCUT2D eigenvalue weighted by atomic mass is 10.1. The molecule has 2 aromatic rings. The summed E-state index contributed by atoms with van der Waals surface area (Å²) in [6.07, 6.45) is 2.86. The Labute approximate surface area is 175 Å². The normalized spacial score (nSPS) is 12.7. The van der Waals surface area contributed by atoms with E-state index in [1.807, 2.05) is 13.8 Å². The number of carbonyl (C=O) groups is 2. The minimum Gasteiger partial charge on any atom is -0.493 e. The zero-order chi connectivity index (χ0) is 21.5. The van der Waals surface area contributed by atoms with E-state index in [-0.39, 0.29) is 18.5 Å². The molecule has 0 amide bonds. The zero-order valence-corrected chi connectivity index (χ0v) is 17.2. The summed E-state index contributed by atoms with van der Waals surface area (Å²) in [7, 11) is 1.55. The van der Waals surface area contributed by atoms with Gasteiger partial charge in [0.15, 0.2) is 35.4 Å². The van der Waals surface area contributed by atoms with Crippen molar-refractivity contribution < 1.29 is 33.3 Å².